The average Bonchev–Trinajstić information content (AvgIpc) is 2.57. The molecular weight excluding hydrogens is 216 g/mol. The Morgan fingerprint density at radius 2 is 2.19 bits per heavy atom. The Kier molecular flexibility index (Phi) is 3.01. The van der Waals surface area contributed by atoms with E-state index in [2.05, 4.69) is 4.98 Å². The molecule has 0 amide bonds. The zero-order valence-corrected chi connectivity index (χ0v) is 8.30. The van der Waals surface area contributed by atoms with Gasteiger partial charge in [-0.15, -0.1) is 0 Å². The predicted molar refractivity (Wildman–Crippen MR) is 51.5 cm³/mol. The van der Waals surface area contributed by atoms with E-state index in [1.165, 1.54) is 18.5 Å². The minimum absolute atomic E-state index is 0.427. The molecule has 7 nitrogen and oxygen atoms in total. The minimum atomic E-state index is -1.26. The Morgan fingerprint density at radius 3 is 2.75 bits per heavy atom. The molecule has 0 aliphatic carbocycles. The molecule has 4 atom stereocenters. The van der Waals surface area contributed by atoms with Gasteiger partial charge in [-0.05, 0) is 6.07 Å². The quantitative estimate of drug-likeness (QED) is 0.533. The molecule has 1 aromatic heterocycles. The summed E-state index contributed by atoms with van der Waals surface area (Å²) in [5, 5.41) is 28.1. The van der Waals surface area contributed by atoms with E-state index >= 15 is 0 Å². The number of aliphatic hydroxyl groups excluding tert-OH is 3. The van der Waals surface area contributed by atoms with Gasteiger partial charge in [0, 0.05) is 12.4 Å². The van der Waals surface area contributed by atoms with Crippen LogP contribution in [0.5, 0.6) is 0 Å². The summed E-state index contributed by atoms with van der Waals surface area (Å²) in [6, 6.07) is 1.51. The molecule has 0 bridgehead atoms. The highest BCUT2D eigenvalue weighted by molar-refractivity contribution is 4.92. The molecule has 2 rings (SSSR count). The third kappa shape index (κ3) is 1.74. The van der Waals surface area contributed by atoms with Crippen LogP contribution in [0.4, 0.5) is 0 Å². The van der Waals surface area contributed by atoms with Gasteiger partial charge in [-0.25, -0.2) is 9.78 Å². The van der Waals surface area contributed by atoms with E-state index in [1.54, 1.807) is 0 Å². The van der Waals surface area contributed by atoms with Crippen LogP contribution in [0, 0.1) is 0 Å². The molecule has 0 aromatic carbocycles. The number of hydrogen-bond acceptors (Lipinski definition) is 6. The van der Waals surface area contributed by atoms with Crippen LogP contribution in [0.15, 0.2) is 23.3 Å². The lowest BCUT2D eigenvalue weighted by Gasteiger charge is -2.16. The maximum Gasteiger partial charge on any atom is 0.349 e. The molecule has 16 heavy (non-hydrogen) atoms. The molecule has 0 spiro atoms. The number of aromatic nitrogens is 2. The number of ether oxygens (including phenoxy) is 1. The van der Waals surface area contributed by atoms with Crippen molar-refractivity contribution in [3.63, 3.8) is 0 Å². The first-order valence-electron chi connectivity index (χ1n) is 4.80. The van der Waals surface area contributed by atoms with Gasteiger partial charge in [0.1, 0.15) is 18.3 Å². The highest BCUT2D eigenvalue weighted by atomic mass is 16.6. The summed E-state index contributed by atoms with van der Waals surface area (Å²) in [6.07, 6.45) is -1.68. The number of aliphatic hydroxyl groups is 3. The van der Waals surface area contributed by atoms with E-state index in [1.807, 2.05) is 0 Å². The monoisotopic (exact) mass is 228 g/mol. The molecule has 0 radical (unpaired) electrons. The standard InChI is InChI=1S/C9H12N2O5/c12-4-5-6(13)7(14)8(16-5)11-3-1-2-10-9(11)15/h1-3,5-8,12-14H,4H2/t5-,6-,7-,8?/m1/s1. The van der Waals surface area contributed by atoms with E-state index in [-0.39, 0.29) is 0 Å². The van der Waals surface area contributed by atoms with Gasteiger partial charge in [0.2, 0.25) is 0 Å². The van der Waals surface area contributed by atoms with Crippen molar-refractivity contribution < 1.29 is 20.1 Å². The van der Waals surface area contributed by atoms with Crippen molar-refractivity contribution in [1.82, 2.24) is 9.55 Å². The van der Waals surface area contributed by atoms with Crippen molar-refractivity contribution in [2.45, 2.75) is 24.5 Å². The van der Waals surface area contributed by atoms with Gasteiger partial charge in [-0.1, -0.05) is 0 Å². The molecule has 1 unspecified atom stereocenters. The Hall–Kier alpha value is -1.28. The smallest absolute Gasteiger partial charge is 0.349 e. The summed E-state index contributed by atoms with van der Waals surface area (Å²) >= 11 is 0. The van der Waals surface area contributed by atoms with Crippen molar-refractivity contribution in [2.75, 3.05) is 6.61 Å². The molecular formula is C9H12N2O5. The molecule has 2 heterocycles. The van der Waals surface area contributed by atoms with Crippen molar-refractivity contribution in [3.05, 3.63) is 28.9 Å². The SMILES string of the molecule is O=c1ncccn1C1O[C@H](CO)[C@@H](O)[C@H]1O. The Bertz CT molecular complexity index is 420. The van der Waals surface area contributed by atoms with Gasteiger partial charge in [-0.2, -0.15) is 0 Å². The zero-order chi connectivity index (χ0) is 11.7. The topological polar surface area (TPSA) is 105 Å². The van der Waals surface area contributed by atoms with Crippen molar-refractivity contribution in [3.8, 4) is 0 Å². The van der Waals surface area contributed by atoms with Crippen LogP contribution in [0.2, 0.25) is 0 Å². The molecule has 1 fully saturated rings. The van der Waals surface area contributed by atoms with Crippen LogP contribution >= 0.6 is 0 Å². The average molecular weight is 228 g/mol. The molecule has 1 aromatic rings. The second kappa shape index (κ2) is 4.30. The van der Waals surface area contributed by atoms with E-state index in [0.717, 1.165) is 4.57 Å². The predicted octanol–water partition coefficient (Wildman–Crippen LogP) is -2.15. The Balaban J connectivity index is 2.30. The lowest BCUT2D eigenvalue weighted by molar-refractivity contribution is -0.0549. The summed E-state index contributed by atoms with van der Waals surface area (Å²) in [5.41, 5.74) is -0.586. The number of rotatable bonds is 2. The normalized spacial score (nSPS) is 34.2. The lowest BCUT2D eigenvalue weighted by Crippen LogP contribution is -2.35. The van der Waals surface area contributed by atoms with Gasteiger partial charge in [0.25, 0.3) is 0 Å². The summed E-state index contributed by atoms with van der Waals surface area (Å²) in [4.78, 5) is 14.9. The largest absolute Gasteiger partial charge is 0.394 e. The van der Waals surface area contributed by atoms with Gasteiger partial charge < -0.3 is 20.1 Å². The van der Waals surface area contributed by atoms with Gasteiger partial charge in [0.15, 0.2) is 6.23 Å². The molecule has 7 heteroatoms. The van der Waals surface area contributed by atoms with Crippen molar-refractivity contribution in [2.24, 2.45) is 0 Å². The molecule has 1 saturated heterocycles. The maximum absolute atomic E-state index is 11.4. The van der Waals surface area contributed by atoms with Crippen molar-refractivity contribution in [1.29, 1.82) is 0 Å². The summed E-state index contributed by atoms with van der Waals surface area (Å²) in [6.45, 7) is -0.427. The van der Waals surface area contributed by atoms with Crippen LogP contribution in [-0.2, 0) is 4.74 Å². The summed E-state index contributed by atoms with van der Waals surface area (Å²) in [7, 11) is 0. The van der Waals surface area contributed by atoms with Crippen LogP contribution in [0.1, 0.15) is 6.23 Å². The van der Waals surface area contributed by atoms with E-state index < -0.39 is 36.8 Å². The first-order valence-corrected chi connectivity index (χ1v) is 4.80. The Labute approximate surface area is 90.6 Å². The third-order valence-electron chi connectivity index (χ3n) is 2.53. The molecule has 3 N–H and O–H groups in total. The van der Waals surface area contributed by atoms with Crippen LogP contribution in [-0.4, -0.2) is 49.8 Å². The van der Waals surface area contributed by atoms with Gasteiger partial charge >= 0.3 is 5.69 Å². The number of hydrogen-bond donors (Lipinski definition) is 3. The zero-order valence-electron chi connectivity index (χ0n) is 8.30. The Morgan fingerprint density at radius 1 is 1.44 bits per heavy atom. The second-order valence-corrected chi connectivity index (χ2v) is 3.54. The van der Waals surface area contributed by atoms with E-state index in [4.69, 9.17) is 9.84 Å². The highest BCUT2D eigenvalue weighted by Crippen LogP contribution is 2.27. The van der Waals surface area contributed by atoms with Crippen LogP contribution in [0.3, 0.4) is 0 Å². The summed E-state index contributed by atoms with van der Waals surface area (Å²) < 4.78 is 6.25. The fourth-order valence-corrected chi connectivity index (χ4v) is 1.67. The fraction of sp³-hybridized carbons (Fsp3) is 0.556. The minimum Gasteiger partial charge on any atom is -0.394 e. The van der Waals surface area contributed by atoms with E-state index in [9.17, 15) is 15.0 Å². The van der Waals surface area contributed by atoms with Crippen LogP contribution < -0.4 is 5.69 Å². The fourth-order valence-electron chi connectivity index (χ4n) is 1.67. The number of nitrogens with zero attached hydrogens (tertiary/aromatic N) is 2. The van der Waals surface area contributed by atoms with E-state index in [0.29, 0.717) is 0 Å². The molecule has 0 saturated carbocycles. The highest BCUT2D eigenvalue weighted by Gasteiger charge is 2.43. The second-order valence-electron chi connectivity index (χ2n) is 3.54. The molecule has 1 aliphatic rings. The van der Waals surface area contributed by atoms with Gasteiger partial charge in [-0.3, -0.25) is 4.57 Å². The van der Waals surface area contributed by atoms with Crippen LogP contribution in [0.25, 0.3) is 0 Å². The van der Waals surface area contributed by atoms with Gasteiger partial charge in [0.05, 0.1) is 6.61 Å². The lowest BCUT2D eigenvalue weighted by atomic mass is 10.1. The maximum atomic E-state index is 11.4. The third-order valence-corrected chi connectivity index (χ3v) is 2.53. The molecule has 1 aliphatic heterocycles. The van der Waals surface area contributed by atoms with Crippen molar-refractivity contribution >= 4 is 0 Å². The first kappa shape index (κ1) is 11.2. The first-order chi connectivity index (χ1) is 7.65. The molecule has 88 valence electrons. The summed E-state index contributed by atoms with van der Waals surface area (Å²) in [5.74, 6) is 0.